The smallest absolute Gasteiger partial charge is 0.224 e. The summed E-state index contributed by atoms with van der Waals surface area (Å²) in [6.07, 6.45) is 1.92. The second kappa shape index (κ2) is 5.72. The summed E-state index contributed by atoms with van der Waals surface area (Å²) in [4.78, 5) is 8.32. The number of aromatic nitrogens is 2. The van der Waals surface area contributed by atoms with Crippen LogP contribution in [0.5, 0.6) is 5.75 Å². The second-order valence-corrected chi connectivity index (χ2v) is 5.48. The standard InChI is InChI=1S/C14H14Cl2N2O2/c1-19-9-6-10(8-2-4-20-5-3-8)12-11(7-9)17-14(16)18-13(12)15/h6-8H,2-5H2,1H3. The molecule has 0 spiro atoms. The number of ether oxygens (including phenoxy) is 2. The van der Waals surface area contributed by atoms with Crippen LogP contribution in [-0.4, -0.2) is 30.3 Å². The van der Waals surface area contributed by atoms with Crippen LogP contribution >= 0.6 is 23.2 Å². The summed E-state index contributed by atoms with van der Waals surface area (Å²) < 4.78 is 10.8. The van der Waals surface area contributed by atoms with Gasteiger partial charge in [-0.1, -0.05) is 11.6 Å². The summed E-state index contributed by atoms with van der Waals surface area (Å²) in [6, 6.07) is 3.85. The Labute approximate surface area is 127 Å². The Morgan fingerprint density at radius 1 is 1.20 bits per heavy atom. The minimum Gasteiger partial charge on any atom is -0.497 e. The first kappa shape index (κ1) is 13.9. The van der Waals surface area contributed by atoms with Crippen molar-refractivity contribution in [2.24, 2.45) is 0 Å². The second-order valence-electron chi connectivity index (χ2n) is 4.78. The number of halogens is 2. The van der Waals surface area contributed by atoms with Crippen molar-refractivity contribution >= 4 is 34.1 Å². The van der Waals surface area contributed by atoms with E-state index in [9.17, 15) is 0 Å². The minimum absolute atomic E-state index is 0.147. The Morgan fingerprint density at radius 3 is 2.65 bits per heavy atom. The Bertz CT molecular complexity index is 643. The molecule has 4 nitrogen and oxygen atoms in total. The Morgan fingerprint density at radius 2 is 1.95 bits per heavy atom. The van der Waals surface area contributed by atoms with Gasteiger partial charge in [0.1, 0.15) is 10.9 Å². The lowest BCUT2D eigenvalue weighted by Crippen LogP contribution is -2.14. The van der Waals surface area contributed by atoms with Crippen molar-refractivity contribution in [3.05, 3.63) is 28.1 Å². The van der Waals surface area contributed by atoms with Gasteiger partial charge in [0.15, 0.2) is 0 Å². The Kier molecular flexibility index (Phi) is 3.96. The zero-order valence-electron chi connectivity index (χ0n) is 11.0. The molecule has 0 N–H and O–H groups in total. The van der Waals surface area contributed by atoms with Crippen molar-refractivity contribution in [1.82, 2.24) is 9.97 Å². The maximum atomic E-state index is 6.27. The van der Waals surface area contributed by atoms with E-state index in [0.29, 0.717) is 11.1 Å². The summed E-state index contributed by atoms with van der Waals surface area (Å²) in [5.74, 6) is 1.13. The minimum atomic E-state index is 0.147. The first-order chi connectivity index (χ1) is 9.69. The van der Waals surface area contributed by atoms with Crippen molar-refractivity contribution in [2.75, 3.05) is 20.3 Å². The number of benzene rings is 1. The average molecular weight is 313 g/mol. The molecule has 0 bridgehead atoms. The highest BCUT2D eigenvalue weighted by Gasteiger charge is 2.21. The highest BCUT2D eigenvalue weighted by molar-refractivity contribution is 6.36. The molecule has 1 aromatic carbocycles. The molecule has 0 unspecified atom stereocenters. The summed E-state index contributed by atoms with van der Waals surface area (Å²) in [5.41, 5.74) is 1.83. The van der Waals surface area contributed by atoms with Crippen LogP contribution in [0.2, 0.25) is 10.4 Å². The van der Waals surface area contributed by atoms with Crippen LogP contribution in [0.25, 0.3) is 10.9 Å². The van der Waals surface area contributed by atoms with Crippen LogP contribution in [0.15, 0.2) is 12.1 Å². The maximum Gasteiger partial charge on any atom is 0.224 e. The molecular weight excluding hydrogens is 299 g/mol. The van der Waals surface area contributed by atoms with Crippen LogP contribution in [0, 0.1) is 0 Å². The molecule has 1 saturated heterocycles. The molecule has 6 heteroatoms. The number of fused-ring (bicyclic) bond motifs is 1. The number of rotatable bonds is 2. The van der Waals surface area contributed by atoms with Crippen LogP contribution in [0.3, 0.4) is 0 Å². The van der Waals surface area contributed by atoms with Crippen LogP contribution in [0.4, 0.5) is 0 Å². The predicted octanol–water partition coefficient (Wildman–Crippen LogP) is 3.84. The van der Waals surface area contributed by atoms with Gasteiger partial charge >= 0.3 is 0 Å². The Hall–Kier alpha value is -1.10. The fraction of sp³-hybridized carbons (Fsp3) is 0.429. The van der Waals surface area contributed by atoms with E-state index in [-0.39, 0.29) is 5.28 Å². The number of hydrogen-bond donors (Lipinski definition) is 0. The molecule has 0 amide bonds. The van der Waals surface area contributed by atoms with Crippen molar-refractivity contribution in [1.29, 1.82) is 0 Å². The van der Waals surface area contributed by atoms with E-state index in [1.165, 1.54) is 0 Å². The van der Waals surface area contributed by atoms with Gasteiger partial charge in [-0.2, -0.15) is 0 Å². The van der Waals surface area contributed by atoms with Gasteiger partial charge in [-0.3, -0.25) is 0 Å². The molecule has 0 aliphatic carbocycles. The predicted molar refractivity (Wildman–Crippen MR) is 78.9 cm³/mol. The Balaban J connectivity index is 2.22. The summed E-state index contributed by atoms with van der Waals surface area (Å²) >= 11 is 12.2. The molecule has 0 radical (unpaired) electrons. The monoisotopic (exact) mass is 312 g/mol. The normalized spacial score (nSPS) is 16.6. The summed E-state index contributed by atoms with van der Waals surface area (Å²) in [5, 5.41) is 1.40. The lowest BCUT2D eigenvalue weighted by atomic mass is 9.89. The molecule has 1 aliphatic heterocycles. The molecule has 1 aliphatic rings. The lowest BCUT2D eigenvalue weighted by Gasteiger charge is -2.24. The maximum absolute atomic E-state index is 6.27. The molecule has 0 saturated carbocycles. The first-order valence-electron chi connectivity index (χ1n) is 6.47. The van der Waals surface area contributed by atoms with Gasteiger partial charge < -0.3 is 9.47 Å². The van der Waals surface area contributed by atoms with E-state index in [1.54, 1.807) is 7.11 Å². The third kappa shape index (κ3) is 2.55. The van der Waals surface area contributed by atoms with E-state index in [0.717, 1.165) is 48.3 Å². The number of hydrogen-bond acceptors (Lipinski definition) is 4. The van der Waals surface area contributed by atoms with Gasteiger partial charge in [0.2, 0.25) is 5.28 Å². The highest BCUT2D eigenvalue weighted by atomic mass is 35.5. The fourth-order valence-corrected chi connectivity index (χ4v) is 3.15. The van der Waals surface area contributed by atoms with Crippen molar-refractivity contribution in [3.8, 4) is 5.75 Å². The molecule has 1 fully saturated rings. The van der Waals surface area contributed by atoms with Gasteiger partial charge in [0.25, 0.3) is 0 Å². The van der Waals surface area contributed by atoms with Gasteiger partial charge in [-0.25, -0.2) is 9.97 Å². The third-order valence-corrected chi connectivity index (χ3v) is 4.07. The van der Waals surface area contributed by atoms with Crippen LogP contribution in [-0.2, 0) is 4.74 Å². The van der Waals surface area contributed by atoms with E-state index < -0.39 is 0 Å². The molecule has 2 aromatic rings. The number of nitrogens with zero attached hydrogens (tertiary/aromatic N) is 2. The zero-order valence-corrected chi connectivity index (χ0v) is 12.5. The van der Waals surface area contributed by atoms with Crippen LogP contribution in [0.1, 0.15) is 24.3 Å². The molecule has 20 heavy (non-hydrogen) atoms. The number of methoxy groups -OCH3 is 1. The fourth-order valence-electron chi connectivity index (χ4n) is 2.64. The van der Waals surface area contributed by atoms with Gasteiger partial charge in [0, 0.05) is 24.7 Å². The summed E-state index contributed by atoms with van der Waals surface area (Å²) in [6.45, 7) is 1.52. The first-order valence-corrected chi connectivity index (χ1v) is 7.23. The van der Waals surface area contributed by atoms with Crippen molar-refractivity contribution < 1.29 is 9.47 Å². The molecule has 106 valence electrons. The van der Waals surface area contributed by atoms with Gasteiger partial charge in [-0.05, 0) is 42.0 Å². The third-order valence-electron chi connectivity index (χ3n) is 3.63. The van der Waals surface area contributed by atoms with Gasteiger partial charge in [0.05, 0.1) is 12.6 Å². The van der Waals surface area contributed by atoms with Crippen molar-refractivity contribution in [3.63, 3.8) is 0 Å². The molecule has 2 heterocycles. The molecular formula is C14H14Cl2N2O2. The van der Waals surface area contributed by atoms with E-state index in [2.05, 4.69) is 9.97 Å². The molecule has 0 atom stereocenters. The largest absolute Gasteiger partial charge is 0.497 e. The topological polar surface area (TPSA) is 44.2 Å². The lowest BCUT2D eigenvalue weighted by molar-refractivity contribution is 0.0855. The molecule has 3 rings (SSSR count). The van der Waals surface area contributed by atoms with E-state index in [4.69, 9.17) is 32.7 Å². The van der Waals surface area contributed by atoms with Crippen LogP contribution < -0.4 is 4.74 Å². The van der Waals surface area contributed by atoms with E-state index in [1.807, 2.05) is 12.1 Å². The van der Waals surface area contributed by atoms with Crippen molar-refractivity contribution in [2.45, 2.75) is 18.8 Å². The van der Waals surface area contributed by atoms with E-state index >= 15 is 0 Å². The highest BCUT2D eigenvalue weighted by Crippen LogP contribution is 2.37. The quantitative estimate of drug-likeness (QED) is 0.624. The van der Waals surface area contributed by atoms with Gasteiger partial charge in [-0.15, -0.1) is 0 Å². The average Bonchev–Trinajstić information content (AvgIpc) is 2.46. The summed E-state index contributed by atoms with van der Waals surface area (Å²) in [7, 11) is 1.64. The zero-order chi connectivity index (χ0) is 14.1. The SMILES string of the molecule is COc1cc(C2CCOCC2)c2c(Cl)nc(Cl)nc2c1. The molecule has 1 aromatic heterocycles.